The third-order valence-electron chi connectivity index (χ3n) is 5.70. The number of ketones is 1. The van der Waals surface area contributed by atoms with E-state index in [4.69, 9.17) is 14.2 Å². The monoisotopic (exact) mass is 409 g/mol. The molecule has 6 heteroatoms. The summed E-state index contributed by atoms with van der Waals surface area (Å²) >= 11 is 0. The maximum atomic E-state index is 12.9. The maximum Gasteiger partial charge on any atom is 0.231 e. The quantitative estimate of drug-likeness (QED) is 0.738. The second-order valence-electron chi connectivity index (χ2n) is 7.68. The van der Waals surface area contributed by atoms with Gasteiger partial charge in [0.1, 0.15) is 11.5 Å². The van der Waals surface area contributed by atoms with Gasteiger partial charge in [-0.15, -0.1) is 0 Å². The number of nitrogens with zero attached hydrogens (tertiary/aromatic N) is 1. The smallest absolute Gasteiger partial charge is 0.231 e. The van der Waals surface area contributed by atoms with Crippen LogP contribution in [0.5, 0.6) is 23.0 Å². The van der Waals surface area contributed by atoms with Crippen molar-refractivity contribution < 1.29 is 24.1 Å². The fourth-order valence-corrected chi connectivity index (χ4v) is 4.06. The van der Waals surface area contributed by atoms with Gasteiger partial charge in [0.15, 0.2) is 17.3 Å². The zero-order chi connectivity index (χ0) is 21.1. The van der Waals surface area contributed by atoms with Gasteiger partial charge in [0, 0.05) is 6.54 Å². The molecule has 1 N–H and O–H groups in total. The van der Waals surface area contributed by atoms with Crippen LogP contribution in [0.4, 0.5) is 0 Å². The fourth-order valence-electron chi connectivity index (χ4n) is 4.06. The summed E-state index contributed by atoms with van der Waals surface area (Å²) in [4.78, 5) is 15.3. The molecule has 0 unspecified atom stereocenters. The minimum absolute atomic E-state index is 0.165. The van der Waals surface area contributed by atoms with Crippen molar-refractivity contribution in [1.29, 1.82) is 0 Å². The van der Waals surface area contributed by atoms with Gasteiger partial charge in [-0.3, -0.25) is 9.69 Å². The van der Waals surface area contributed by atoms with E-state index in [0.29, 0.717) is 34.9 Å². The standard InChI is InChI=1S/C24H27NO5/c1-28-20-10-7-16(13-21(20)29-2)14-22-23(27)17-8-9-19(26)18(24(17)30-22)15-25-11-5-3-4-6-12-25/h7-10,13-14,26H,3-6,11-12,15H2,1-2H3/b22-14-. The van der Waals surface area contributed by atoms with E-state index < -0.39 is 0 Å². The number of carbonyl (C=O) groups is 1. The molecular weight excluding hydrogens is 382 g/mol. The number of fused-ring (bicyclic) bond motifs is 1. The Kier molecular flexibility index (Phi) is 5.95. The number of allylic oxidation sites excluding steroid dienone is 1. The third kappa shape index (κ3) is 4.00. The van der Waals surface area contributed by atoms with E-state index in [0.717, 1.165) is 31.5 Å². The minimum Gasteiger partial charge on any atom is -0.507 e. The van der Waals surface area contributed by atoms with Crippen LogP contribution < -0.4 is 14.2 Å². The van der Waals surface area contributed by atoms with Crippen LogP contribution in [0.2, 0.25) is 0 Å². The lowest BCUT2D eigenvalue weighted by molar-refractivity contribution is 0.101. The number of ether oxygens (including phenoxy) is 3. The largest absolute Gasteiger partial charge is 0.507 e. The van der Waals surface area contributed by atoms with Gasteiger partial charge in [0.05, 0.1) is 25.3 Å². The summed E-state index contributed by atoms with van der Waals surface area (Å²) in [7, 11) is 3.15. The molecule has 2 aromatic carbocycles. The van der Waals surface area contributed by atoms with Crippen LogP contribution in [0.3, 0.4) is 0 Å². The van der Waals surface area contributed by atoms with E-state index in [-0.39, 0.29) is 17.3 Å². The summed E-state index contributed by atoms with van der Waals surface area (Å²) in [5.41, 5.74) is 1.94. The van der Waals surface area contributed by atoms with E-state index in [1.54, 1.807) is 44.6 Å². The molecule has 0 atom stereocenters. The number of benzene rings is 2. The highest BCUT2D eigenvalue weighted by Gasteiger charge is 2.31. The highest BCUT2D eigenvalue weighted by atomic mass is 16.5. The minimum atomic E-state index is -0.183. The van der Waals surface area contributed by atoms with Crippen molar-refractivity contribution >= 4 is 11.9 Å². The Hall–Kier alpha value is -2.99. The molecule has 0 spiro atoms. The number of hydrogen-bond acceptors (Lipinski definition) is 6. The molecule has 1 saturated heterocycles. The van der Waals surface area contributed by atoms with Crippen molar-refractivity contribution in [2.24, 2.45) is 0 Å². The molecular formula is C24H27NO5. The fraction of sp³-hybridized carbons (Fsp3) is 0.375. The second kappa shape index (κ2) is 8.79. The Morgan fingerprint density at radius 1 is 1.03 bits per heavy atom. The summed E-state index contributed by atoms with van der Waals surface area (Å²) in [5, 5.41) is 10.5. The number of rotatable bonds is 5. The van der Waals surface area contributed by atoms with E-state index in [2.05, 4.69) is 4.90 Å². The molecule has 2 aromatic rings. The molecule has 158 valence electrons. The van der Waals surface area contributed by atoms with Crippen molar-refractivity contribution in [3.05, 3.63) is 52.8 Å². The van der Waals surface area contributed by atoms with Gasteiger partial charge < -0.3 is 19.3 Å². The normalized spacial score (nSPS) is 18.1. The number of aromatic hydroxyl groups is 1. The van der Waals surface area contributed by atoms with Gasteiger partial charge in [-0.2, -0.15) is 0 Å². The van der Waals surface area contributed by atoms with E-state index in [9.17, 15) is 9.90 Å². The molecule has 2 aliphatic rings. The summed E-state index contributed by atoms with van der Waals surface area (Å²) in [6.45, 7) is 2.56. The van der Waals surface area contributed by atoms with Crippen LogP contribution in [0.1, 0.15) is 47.2 Å². The molecule has 0 saturated carbocycles. The highest BCUT2D eigenvalue weighted by Crippen LogP contribution is 2.40. The van der Waals surface area contributed by atoms with Crippen molar-refractivity contribution in [2.75, 3.05) is 27.3 Å². The summed E-state index contributed by atoms with van der Waals surface area (Å²) in [6.07, 6.45) is 6.47. The molecule has 0 bridgehead atoms. The molecule has 30 heavy (non-hydrogen) atoms. The third-order valence-corrected chi connectivity index (χ3v) is 5.70. The number of Topliss-reactive ketones (excluding diaryl/α,β-unsaturated/α-hetero) is 1. The number of likely N-dealkylation sites (tertiary alicyclic amines) is 1. The summed E-state index contributed by atoms with van der Waals surface area (Å²) in [6, 6.07) is 8.64. The Morgan fingerprint density at radius 2 is 1.77 bits per heavy atom. The summed E-state index contributed by atoms with van der Waals surface area (Å²) in [5.74, 6) is 1.88. The highest BCUT2D eigenvalue weighted by molar-refractivity contribution is 6.15. The maximum absolute atomic E-state index is 12.9. The molecule has 0 aromatic heterocycles. The van der Waals surface area contributed by atoms with Crippen LogP contribution in [0.15, 0.2) is 36.1 Å². The molecule has 0 radical (unpaired) electrons. The first-order valence-corrected chi connectivity index (χ1v) is 10.3. The molecule has 0 aliphatic carbocycles. The Bertz CT molecular complexity index is 974. The lowest BCUT2D eigenvalue weighted by Crippen LogP contribution is -2.24. The van der Waals surface area contributed by atoms with E-state index in [1.165, 1.54) is 12.8 Å². The molecule has 2 aliphatic heterocycles. The van der Waals surface area contributed by atoms with Crippen LogP contribution in [0.25, 0.3) is 6.08 Å². The van der Waals surface area contributed by atoms with Gasteiger partial charge in [-0.25, -0.2) is 0 Å². The van der Waals surface area contributed by atoms with Crippen LogP contribution in [-0.4, -0.2) is 43.1 Å². The Balaban J connectivity index is 1.63. The average molecular weight is 409 g/mol. The molecule has 1 fully saturated rings. The van der Waals surface area contributed by atoms with Gasteiger partial charge in [0.25, 0.3) is 0 Å². The average Bonchev–Trinajstić information content (AvgIpc) is 2.92. The number of methoxy groups -OCH3 is 2. The van der Waals surface area contributed by atoms with E-state index >= 15 is 0 Å². The number of carbonyl (C=O) groups excluding carboxylic acids is 1. The molecule has 4 rings (SSSR count). The van der Waals surface area contributed by atoms with Gasteiger partial charge in [-0.1, -0.05) is 18.9 Å². The predicted molar refractivity (Wildman–Crippen MR) is 114 cm³/mol. The first kappa shape index (κ1) is 20.3. The van der Waals surface area contributed by atoms with Crippen molar-refractivity contribution in [2.45, 2.75) is 32.2 Å². The van der Waals surface area contributed by atoms with Gasteiger partial charge in [-0.05, 0) is 61.8 Å². The lowest BCUT2D eigenvalue weighted by Gasteiger charge is -2.21. The van der Waals surface area contributed by atoms with Crippen LogP contribution >= 0.6 is 0 Å². The van der Waals surface area contributed by atoms with Crippen molar-refractivity contribution in [3.63, 3.8) is 0 Å². The zero-order valence-electron chi connectivity index (χ0n) is 17.4. The number of phenolic OH excluding ortho intramolecular Hbond substituents is 1. The first-order chi connectivity index (χ1) is 14.6. The molecule has 0 amide bonds. The molecule has 6 nitrogen and oxygen atoms in total. The zero-order valence-corrected chi connectivity index (χ0v) is 17.4. The van der Waals surface area contributed by atoms with Gasteiger partial charge >= 0.3 is 0 Å². The first-order valence-electron chi connectivity index (χ1n) is 10.3. The SMILES string of the molecule is COc1ccc(/C=C2\Oc3c(ccc(O)c3CN3CCCCCC3)C2=O)cc1OC. The van der Waals surface area contributed by atoms with Gasteiger partial charge in [0.2, 0.25) is 5.78 Å². The number of phenols is 1. The van der Waals surface area contributed by atoms with Crippen LogP contribution in [-0.2, 0) is 6.54 Å². The second-order valence-corrected chi connectivity index (χ2v) is 7.68. The van der Waals surface area contributed by atoms with Crippen LogP contribution in [0, 0.1) is 0 Å². The Labute approximate surface area is 176 Å². The topological polar surface area (TPSA) is 68.2 Å². The van der Waals surface area contributed by atoms with Crippen molar-refractivity contribution in [1.82, 2.24) is 4.90 Å². The summed E-state index contributed by atoms with van der Waals surface area (Å²) < 4.78 is 16.6. The predicted octanol–water partition coefficient (Wildman–Crippen LogP) is 4.40. The van der Waals surface area contributed by atoms with E-state index in [1.807, 2.05) is 6.07 Å². The lowest BCUT2D eigenvalue weighted by atomic mass is 10.0. The number of hydrogen-bond donors (Lipinski definition) is 1. The molecule has 2 heterocycles. The van der Waals surface area contributed by atoms with Crippen molar-refractivity contribution in [3.8, 4) is 23.0 Å². The Morgan fingerprint density at radius 3 is 2.47 bits per heavy atom.